The van der Waals surface area contributed by atoms with Gasteiger partial charge >= 0.3 is 5.69 Å². The van der Waals surface area contributed by atoms with Crippen molar-refractivity contribution in [3.8, 4) is 0 Å². The van der Waals surface area contributed by atoms with Gasteiger partial charge in [-0.25, -0.2) is 4.79 Å². The minimum atomic E-state index is -0.461. The van der Waals surface area contributed by atoms with Crippen LogP contribution in [0.2, 0.25) is 0 Å². The van der Waals surface area contributed by atoms with Crippen molar-refractivity contribution >= 4 is 37.5 Å². The molecule has 1 heterocycles. The van der Waals surface area contributed by atoms with E-state index in [0.717, 1.165) is 4.47 Å². The van der Waals surface area contributed by atoms with Gasteiger partial charge in [0.15, 0.2) is 0 Å². The molecule has 1 aromatic heterocycles. The smallest absolute Gasteiger partial charge is 0.291 e. The first-order valence-electron chi connectivity index (χ1n) is 5.97. The number of aryl methyl sites for hydroxylation is 1. The Morgan fingerprint density at radius 3 is 2.62 bits per heavy atom. The van der Waals surface area contributed by atoms with Crippen LogP contribution >= 0.6 is 31.9 Å². The van der Waals surface area contributed by atoms with E-state index in [2.05, 4.69) is 36.8 Å². The van der Waals surface area contributed by atoms with Crippen LogP contribution in [0.1, 0.15) is 17.0 Å². The van der Waals surface area contributed by atoms with Gasteiger partial charge in [-0.2, -0.15) is 4.98 Å². The van der Waals surface area contributed by atoms with Crippen LogP contribution in [-0.2, 0) is 6.54 Å². The largest absolute Gasteiger partial charge is 0.348 e. The Hall–Kier alpha value is -1.54. The summed E-state index contributed by atoms with van der Waals surface area (Å²) in [5, 5.41) is 11.1. The molecule has 0 saturated heterocycles. The fourth-order valence-electron chi connectivity index (χ4n) is 1.97. The molecule has 8 heteroatoms. The Labute approximate surface area is 137 Å². The quantitative estimate of drug-likeness (QED) is 0.567. The second kappa shape index (κ2) is 6.07. The van der Waals surface area contributed by atoms with Crippen LogP contribution in [0.4, 0.5) is 5.69 Å². The van der Waals surface area contributed by atoms with E-state index >= 15 is 0 Å². The third kappa shape index (κ3) is 3.21. The van der Waals surface area contributed by atoms with Crippen LogP contribution in [0.5, 0.6) is 0 Å². The molecule has 0 bridgehead atoms. The fourth-order valence-corrected chi connectivity index (χ4v) is 2.63. The number of hydrogen-bond donors (Lipinski definition) is 0. The molecule has 2 rings (SSSR count). The van der Waals surface area contributed by atoms with Crippen molar-refractivity contribution in [2.24, 2.45) is 0 Å². The van der Waals surface area contributed by atoms with Crippen molar-refractivity contribution in [3.05, 3.63) is 64.7 Å². The molecule has 2 aromatic rings. The molecule has 0 amide bonds. The van der Waals surface area contributed by atoms with Gasteiger partial charge in [-0.15, -0.1) is 0 Å². The summed E-state index contributed by atoms with van der Waals surface area (Å²) in [6.07, 6.45) is 0. The molecule has 21 heavy (non-hydrogen) atoms. The first kappa shape index (κ1) is 15.8. The predicted octanol–water partition coefficient (Wildman–Crippen LogP) is 3.34. The third-order valence-corrected chi connectivity index (χ3v) is 4.75. The summed E-state index contributed by atoms with van der Waals surface area (Å²) in [6, 6.07) is 4.76. The fraction of sp³-hybridized carbons (Fsp3) is 0.231. The standard InChI is InChI=1S/C13H11Br2N3O3/c1-7-12(15)8(2)17(13(19)16-7)6-9-3-4-10(14)5-11(9)18(20)21/h3-5H,6H2,1-2H3. The number of aromatic nitrogens is 2. The second-order valence-corrected chi connectivity index (χ2v) is 6.20. The molecular weight excluding hydrogens is 406 g/mol. The number of benzene rings is 1. The summed E-state index contributed by atoms with van der Waals surface area (Å²) in [4.78, 5) is 26.6. The number of nitrogens with zero attached hydrogens (tertiary/aromatic N) is 3. The second-order valence-electron chi connectivity index (χ2n) is 4.50. The van der Waals surface area contributed by atoms with Crippen LogP contribution in [0, 0.1) is 24.0 Å². The number of rotatable bonds is 3. The van der Waals surface area contributed by atoms with Gasteiger partial charge in [0.05, 0.1) is 21.6 Å². The van der Waals surface area contributed by atoms with Crippen LogP contribution in [0.15, 0.2) is 31.9 Å². The van der Waals surface area contributed by atoms with Crippen molar-refractivity contribution in [1.82, 2.24) is 9.55 Å². The highest BCUT2D eigenvalue weighted by atomic mass is 79.9. The minimum Gasteiger partial charge on any atom is -0.291 e. The summed E-state index contributed by atoms with van der Waals surface area (Å²) in [7, 11) is 0. The summed E-state index contributed by atoms with van der Waals surface area (Å²) in [5.41, 5.74) is 1.27. The Morgan fingerprint density at radius 2 is 2.00 bits per heavy atom. The molecule has 0 unspecified atom stereocenters. The van der Waals surface area contributed by atoms with Crippen molar-refractivity contribution in [1.29, 1.82) is 0 Å². The monoisotopic (exact) mass is 415 g/mol. The van der Waals surface area contributed by atoms with Crippen LogP contribution in [0.3, 0.4) is 0 Å². The lowest BCUT2D eigenvalue weighted by Gasteiger charge is -2.12. The Morgan fingerprint density at radius 1 is 1.33 bits per heavy atom. The molecule has 0 aliphatic carbocycles. The SMILES string of the molecule is Cc1nc(=O)n(Cc2ccc(Br)cc2[N+](=O)[O-])c(C)c1Br. The molecule has 0 spiro atoms. The van der Waals surface area contributed by atoms with Crippen LogP contribution in [0.25, 0.3) is 0 Å². The van der Waals surface area contributed by atoms with E-state index in [1.807, 2.05) is 0 Å². The number of halogens is 2. The first-order valence-corrected chi connectivity index (χ1v) is 7.56. The number of nitro groups is 1. The summed E-state index contributed by atoms with van der Waals surface area (Å²) < 4.78 is 2.75. The van der Waals surface area contributed by atoms with E-state index in [9.17, 15) is 14.9 Å². The Bertz CT molecular complexity index is 787. The van der Waals surface area contributed by atoms with Gasteiger partial charge in [0, 0.05) is 21.8 Å². The predicted molar refractivity (Wildman–Crippen MR) is 85.6 cm³/mol. The van der Waals surface area contributed by atoms with Crippen molar-refractivity contribution in [3.63, 3.8) is 0 Å². The average Bonchev–Trinajstić information content (AvgIpc) is 2.42. The van der Waals surface area contributed by atoms with E-state index in [4.69, 9.17) is 0 Å². The highest BCUT2D eigenvalue weighted by Gasteiger charge is 2.17. The first-order chi connectivity index (χ1) is 9.81. The molecule has 0 radical (unpaired) electrons. The highest BCUT2D eigenvalue weighted by Crippen LogP contribution is 2.25. The molecule has 110 valence electrons. The lowest BCUT2D eigenvalue weighted by atomic mass is 10.1. The molecule has 0 N–H and O–H groups in total. The van der Waals surface area contributed by atoms with Gasteiger partial charge in [0.25, 0.3) is 5.69 Å². The zero-order chi connectivity index (χ0) is 15.7. The summed E-state index contributed by atoms with van der Waals surface area (Å²) >= 11 is 6.58. The van der Waals surface area contributed by atoms with Gasteiger partial charge in [0.2, 0.25) is 0 Å². The van der Waals surface area contributed by atoms with Crippen LogP contribution in [-0.4, -0.2) is 14.5 Å². The van der Waals surface area contributed by atoms with Crippen molar-refractivity contribution in [2.75, 3.05) is 0 Å². The highest BCUT2D eigenvalue weighted by molar-refractivity contribution is 9.10. The van der Waals surface area contributed by atoms with Gasteiger partial charge in [-0.3, -0.25) is 14.7 Å². The van der Waals surface area contributed by atoms with Gasteiger partial charge < -0.3 is 0 Å². The summed E-state index contributed by atoms with van der Waals surface area (Å²) in [5.74, 6) is 0. The molecule has 0 aliphatic heterocycles. The Kier molecular flexibility index (Phi) is 4.58. The van der Waals surface area contributed by atoms with Crippen LogP contribution < -0.4 is 5.69 Å². The van der Waals surface area contributed by atoms with Crippen molar-refractivity contribution in [2.45, 2.75) is 20.4 Å². The molecular formula is C13H11Br2N3O3. The van der Waals surface area contributed by atoms with E-state index in [-0.39, 0.29) is 12.2 Å². The van der Waals surface area contributed by atoms with E-state index in [0.29, 0.717) is 21.4 Å². The van der Waals surface area contributed by atoms with E-state index in [1.54, 1.807) is 26.0 Å². The average molecular weight is 417 g/mol. The number of hydrogen-bond acceptors (Lipinski definition) is 4. The normalized spacial score (nSPS) is 10.7. The molecule has 0 aliphatic rings. The summed E-state index contributed by atoms with van der Waals surface area (Å²) in [6.45, 7) is 3.59. The minimum absolute atomic E-state index is 0.0348. The lowest BCUT2D eigenvalue weighted by molar-refractivity contribution is -0.385. The molecule has 0 fully saturated rings. The molecule has 0 saturated carbocycles. The molecule has 0 atom stereocenters. The zero-order valence-corrected chi connectivity index (χ0v) is 14.4. The molecule has 1 aromatic carbocycles. The molecule has 6 nitrogen and oxygen atoms in total. The van der Waals surface area contributed by atoms with Crippen molar-refractivity contribution < 1.29 is 4.92 Å². The Balaban J connectivity index is 2.56. The zero-order valence-electron chi connectivity index (χ0n) is 11.3. The van der Waals surface area contributed by atoms with E-state index in [1.165, 1.54) is 10.6 Å². The maximum absolute atomic E-state index is 12.0. The van der Waals surface area contributed by atoms with E-state index < -0.39 is 10.6 Å². The van der Waals surface area contributed by atoms with Gasteiger partial charge in [-0.1, -0.05) is 15.9 Å². The van der Waals surface area contributed by atoms with Gasteiger partial charge in [-0.05, 0) is 41.9 Å². The third-order valence-electron chi connectivity index (χ3n) is 3.11. The maximum Gasteiger partial charge on any atom is 0.348 e. The lowest BCUT2D eigenvalue weighted by Crippen LogP contribution is -2.27. The maximum atomic E-state index is 12.0. The van der Waals surface area contributed by atoms with Gasteiger partial charge in [0.1, 0.15) is 0 Å². The number of nitro benzene ring substituents is 1. The topological polar surface area (TPSA) is 78.0 Å².